The van der Waals surface area contributed by atoms with Gasteiger partial charge in [0.1, 0.15) is 5.82 Å². The van der Waals surface area contributed by atoms with Crippen molar-refractivity contribution in [2.75, 3.05) is 12.3 Å². The molecule has 0 amide bonds. The molecule has 0 aliphatic heterocycles. The lowest BCUT2D eigenvalue weighted by molar-refractivity contribution is -0.0297. The Labute approximate surface area is 101 Å². The van der Waals surface area contributed by atoms with E-state index in [4.69, 9.17) is 27.8 Å². The van der Waals surface area contributed by atoms with Crippen molar-refractivity contribution < 1.29 is 4.74 Å². The molecule has 1 heterocycles. The molecule has 0 radical (unpaired) electrons. The van der Waals surface area contributed by atoms with E-state index in [1.165, 1.54) is 6.20 Å². The summed E-state index contributed by atoms with van der Waals surface area (Å²) in [5.41, 5.74) is 12.1. The van der Waals surface area contributed by atoms with Crippen molar-refractivity contribution in [3.8, 4) is 0 Å². The molecule has 1 rings (SSSR count). The summed E-state index contributed by atoms with van der Waals surface area (Å²) in [4.78, 5) is 3.98. The highest BCUT2D eigenvalue weighted by Crippen LogP contribution is 2.30. The molecule has 0 saturated heterocycles. The third-order valence-corrected chi connectivity index (χ3v) is 2.72. The van der Waals surface area contributed by atoms with Crippen LogP contribution in [0.15, 0.2) is 12.3 Å². The van der Waals surface area contributed by atoms with Crippen molar-refractivity contribution in [2.24, 2.45) is 5.73 Å². The van der Waals surface area contributed by atoms with Gasteiger partial charge in [0.2, 0.25) is 0 Å². The fraction of sp³-hybridized carbons (Fsp3) is 0.545. The van der Waals surface area contributed by atoms with Crippen molar-refractivity contribution in [1.82, 2.24) is 4.98 Å². The predicted octanol–water partition coefficient (Wildman–Crippen LogP) is 2.13. The number of hydrogen-bond acceptors (Lipinski definition) is 4. The van der Waals surface area contributed by atoms with E-state index in [-0.39, 0.29) is 6.04 Å². The zero-order valence-corrected chi connectivity index (χ0v) is 10.6. The molecule has 0 fully saturated rings. The van der Waals surface area contributed by atoms with Crippen molar-refractivity contribution >= 4 is 17.4 Å². The normalized spacial score (nSPS) is 13.8. The van der Waals surface area contributed by atoms with Crippen LogP contribution in [0.3, 0.4) is 0 Å². The molecule has 0 aliphatic carbocycles. The highest BCUT2D eigenvalue weighted by Gasteiger charge is 2.30. The smallest absolute Gasteiger partial charge is 0.128 e. The second-order valence-electron chi connectivity index (χ2n) is 4.14. The van der Waals surface area contributed by atoms with Crippen LogP contribution < -0.4 is 11.5 Å². The van der Waals surface area contributed by atoms with Gasteiger partial charge >= 0.3 is 0 Å². The van der Waals surface area contributed by atoms with E-state index in [2.05, 4.69) is 4.98 Å². The highest BCUT2D eigenvalue weighted by molar-refractivity contribution is 6.30. The van der Waals surface area contributed by atoms with Crippen LogP contribution in [-0.2, 0) is 4.74 Å². The second-order valence-corrected chi connectivity index (χ2v) is 4.58. The summed E-state index contributed by atoms with van der Waals surface area (Å²) in [5, 5.41) is 0.520. The standard InChI is InChI=1S/C11H18ClN3O/c1-4-16-11(2,3)9(13)8-5-7(12)6-15-10(8)14/h5-6,9H,4,13H2,1-3H3,(H2,14,15). The van der Waals surface area contributed by atoms with Gasteiger partial charge in [-0.3, -0.25) is 0 Å². The molecule has 0 aliphatic rings. The van der Waals surface area contributed by atoms with Crippen LogP contribution in [0.1, 0.15) is 32.4 Å². The molecule has 1 unspecified atom stereocenters. The van der Waals surface area contributed by atoms with E-state index in [1.54, 1.807) is 6.07 Å². The van der Waals surface area contributed by atoms with Crippen molar-refractivity contribution in [2.45, 2.75) is 32.4 Å². The molecule has 0 saturated carbocycles. The van der Waals surface area contributed by atoms with Gasteiger partial charge in [0, 0.05) is 18.4 Å². The number of pyridine rings is 1. The molecular formula is C11H18ClN3O. The van der Waals surface area contributed by atoms with E-state index < -0.39 is 5.60 Å². The lowest BCUT2D eigenvalue weighted by Gasteiger charge is -2.32. The lowest BCUT2D eigenvalue weighted by Crippen LogP contribution is -2.38. The lowest BCUT2D eigenvalue weighted by atomic mass is 9.93. The van der Waals surface area contributed by atoms with Crippen LogP contribution in [0.25, 0.3) is 0 Å². The minimum absolute atomic E-state index is 0.362. The first kappa shape index (κ1) is 13.2. The number of ether oxygens (including phenoxy) is 1. The zero-order chi connectivity index (χ0) is 12.3. The Balaban J connectivity index is 3.03. The Kier molecular flexibility index (Phi) is 4.13. The Hall–Kier alpha value is -0.840. The number of nitrogens with zero attached hydrogens (tertiary/aromatic N) is 1. The van der Waals surface area contributed by atoms with Crippen LogP contribution in [0.2, 0.25) is 5.02 Å². The van der Waals surface area contributed by atoms with Gasteiger partial charge in [-0.25, -0.2) is 4.98 Å². The first-order valence-corrected chi connectivity index (χ1v) is 5.56. The molecule has 90 valence electrons. The van der Waals surface area contributed by atoms with E-state index >= 15 is 0 Å². The van der Waals surface area contributed by atoms with Crippen molar-refractivity contribution in [3.63, 3.8) is 0 Å². The molecule has 1 atom stereocenters. The predicted molar refractivity (Wildman–Crippen MR) is 66.3 cm³/mol. The topological polar surface area (TPSA) is 74.2 Å². The molecule has 0 spiro atoms. The van der Waals surface area contributed by atoms with Crippen LogP contribution >= 0.6 is 11.6 Å². The molecule has 5 heteroatoms. The number of nitrogen functional groups attached to an aromatic ring is 1. The minimum Gasteiger partial charge on any atom is -0.383 e. The summed E-state index contributed by atoms with van der Waals surface area (Å²) in [6.45, 7) is 6.35. The van der Waals surface area contributed by atoms with Gasteiger partial charge in [0.15, 0.2) is 0 Å². The van der Waals surface area contributed by atoms with E-state index in [0.29, 0.717) is 23.0 Å². The number of nitrogens with two attached hydrogens (primary N) is 2. The molecule has 4 nitrogen and oxygen atoms in total. The molecular weight excluding hydrogens is 226 g/mol. The van der Waals surface area contributed by atoms with Gasteiger partial charge in [0.25, 0.3) is 0 Å². The van der Waals surface area contributed by atoms with Gasteiger partial charge in [-0.15, -0.1) is 0 Å². The van der Waals surface area contributed by atoms with E-state index in [0.717, 1.165) is 0 Å². The van der Waals surface area contributed by atoms with Gasteiger partial charge in [-0.2, -0.15) is 0 Å². The van der Waals surface area contributed by atoms with E-state index in [9.17, 15) is 0 Å². The monoisotopic (exact) mass is 243 g/mol. The summed E-state index contributed by atoms with van der Waals surface area (Å²) < 4.78 is 5.59. The van der Waals surface area contributed by atoms with E-state index in [1.807, 2.05) is 20.8 Å². The van der Waals surface area contributed by atoms with Crippen LogP contribution in [0.4, 0.5) is 5.82 Å². The van der Waals surface area contributed by atoms with Crippen molar-refractivity contribution in [3.05, 3.63) is 22.8 Å². The average Bonchev–Trinajstić information content (AvgIpc) is 2.20. The third-order valence-electron chi connectivity index (χ3n) is 2.52. The quantitative estimate of drug-likeness (QED) is 0.850. The number of hydrogen-bond donors (Lipinski definition) is 2. The summed E-state index contributed by atoms with van der Waals surface area (Å²) >= 11 is 5.87. The van der Waals surface area contributed by atoms with Gasteiger partial charge < -0.3 is 16.2 Å². The Morgan fingerprint density at radius 2 is 2.19 bits per heavy atom. The number of halogens is 1. The molecule has 4 N–H and O–H groups in total. The minimum atomic E-state index is -0.505. The molecule has 1 aromatic heterocycles. The van der Waals surface area contributed by atoms with Gasteiger partial charge in [-0.1, -0.05) is 11.6 Å². The summed E-state index contributed by atoms with van der Waals surface area (Å²) in [5.74, 6) is 0.393. The molecule has 0 aromatic carbocycles. The average molecular weight is 244 g/mol. The number of rotatable bonds is 4. The third kappa shape index (κ3) is 2.84. The largest absolute Gasteiger partial charge is 0.383 e. The van der Waals surface area contributed by atoms with Crippen LogP contribution in [0, 0.1) is 0 Å². The fourth-order valence-corrected chi connectivity index (χ4v) is 1.72. The number of anilines is 1. The van der Waals surface area contributed by atoms with Crippen molar-refractivity contribution in [1.29, 1.82) is 0 Å². The SMILES string of the molecule is CCOC(C)(C)C(N)c1cc(Cl)cnc1N. The molecule has 0 bridgehead atoms. The maximum Gasteiger partial charge on any atom is 0.128 e. The number of aromatic nitrogens is 1. The summed E-state index contributed by atoms with van der Waals surface area (Å²) in [6, 6.07) is 1.37. The Morgan fingerprint density at radius 3 is 2.75 bits per heavy atom. The second kappa shape index (κ2) is 4.99. The molecule has 1 aromatic rings. The first-order valence-electron chi connectivity index (χ1n) is 5.19. The highest BCUT2D eigenvalue weighted by atomic mass is 35.5. The summed E-state index contributed by atoms with van der Waals surface area (Å²) in [6.07, 6.45) is 1.50. The van der Waals surface area contributed by atoms with Gasteiger partial charge in [-0.05, 0) is 26.8 Å². The zero-order valence-electron chi connectivity index (χ0n) is 9.83. The van der Waals surface area contributed by atoms with Crippen LogP contribution in [0.5, 0.6) is 0 Å². The fourth-order valence-electron chi connectivity index (χ4n) is 1.55. The maximum absolute atomic E-state index is 6.12. The molecule has 16 heavy (non-hydrogen) atoms. The Morgan fingerprint density at radius 1 is 1.56 bits per heavy atom. The summed E-state index contributed by atoms with van der Waals surface area (Å²) in [7, 11) is 0. The van der Waals surface area contributed by atoms with Gasteiger partial charge in [0.05, 0.1) is 16.7 Å². The van der Waals surface area contributed by atoms with Crippen LogP contribution in [-0.4, -0.2) is 17.2 Å². The first-order chi connectivity index (χ1) is 7.38. The Bertz CT molecular complexity index is 368. The maximum atomic E-state index is 6.12.